The number of rotatable bonds is 8. The third-order valence-corrected chi connectivity index (χ3v) is 7.03. The van der Waals surface area contributed by atoms with Crippen LogP contribution in [0.1, 0.15) is 28.9 Å². The molecule has 0 unspecified atom stereocenters. The average Bonchev–Trinajstić information content (AvgIpc) is 3.38. The molecule has 3 aromatic carbocycles. The number of nitrogens with one attached hydrogen (secondary N) is 1. The fourth-order valence-corrected chi connectivity index (χ4v) is 5.00. The van der Waals surface area contributed by atoms with Crippen LogP contribution in [-0.2, 0) is 19.0 Å². The fraction of sp³-hybridized carbons (Fsp3) is 0.133. The molecule has 4 nitrogen and oxygen atoms in total. The summed E-state index contributed by atoms with van der Waals surface area (Å²) in [6.45, 7) is 4.05. The number of benzene rings is 3. The van der Waals surface area contributed by atoms with Crippen molar-refractivity contribution in [3.8, 4) is 5.82 Å². The van der Waals surface area contributed by atoms with Gasteiger partial charge in [0, 0.05) is 11.6 Å². The Labute approximate surface area is 233 Å². The van der Waals surface area contributed by atoms with E-state index in [1.54, 1.807) is 6.07 Å². The highest BCUT2D eigenvalue weighted by molar-refractivity contribution is 6.38. The molecule has 0 amide bonds. The summed E-state index contributed by atoms with van der Waals surface area (Å²) in [4.78, 5) is 4.15. The zero-order valence-corrected chi connectivity index (χ0v) is 22.2. The molecule has 2 heterocycles. The molecule has 0 saturated carbocycles. The van der Waals surface area contributed by atoms with Crippen molar-refractivity contribution in [2.24, 2.45) is 0 Å². The number of aryl methyl sites for hydroxylation is 2. The van der Waals surface area contributed by atoms with Gasteiger partial charge < -0.3 is 5.32 Å². The molecule has 0 bridgehead atoms. The summed E-state index contributed by atoms with van der Waals surface area (Å²) in [5, 5.41) is 9.36. The third-order valence-electron chi connectivity index (χ3n) is 6.35. The summed E-state index contributed by atoms with van der Waals surface area (Å²) >= 11 is 13.2. The number of hydrogen-bond donors (Lipinski definition) is 1. The molecule has 5 rings (SSSR count). The van der Waals surface area contributed by atoms with Gasteiger partial charge in [0.1, 0.15) is 0 Å². The number of nitrogens with zero attached hydrogens (tertiary/aromatic N) is 3. The minimum Gasteiger partial charge on any atom is -0.353 e. The van der Waals surface area contributed by atoms with Crippen molar-refractivity contribution < 1.29 is 13.2 Å². The van der Waals surface area contributed by atoms with Crippen LogP contribution in [0.4, 0.5) is 18.9 Å². The predicted molar refractivity (Wildman–Crippen MR) is 151 cm³/mol. The van der Waals surface area contributed by atoms with Crippen molar-refractivity contribution in [1.82, 2.24) is 14.8 Å². The molecule has 39 heavy (non-hydrogen) atoms. The van der Waals surface area contributed by atoms with Crippen molar-refractivity contribution in [3.63, 3.8) is 0 Å². The zero-order chi connectivity index (χ0) is 27.6. The maximum atomic E-state index is 13.7. The molecule has 5 aromatic rings. The van der Waals surface area contributed by atoms with Crippen LogP contribution in [0.5, 0.6) is 0 Å². The van der Waals surface area contributed by atoms with Crippen molar-refractivity contribution in [3.05, 3.63) is 124 Å². The van der Waals surface area contributed by atoms with Crippen LogP contribution in [0, 0.1) is 0 Å². The molecule has 0 aliphatic carbocycles. The molecule has 9 heteroatoms. The highest BCUT2D eigenvalue weighted by Crippen LogP contribution is 2.38. The largest absolute Gasteiger partial charge is 0.435 e. The topological polar surface area (TPSA) is 42.7 Å². The Morgan fingerprint density at radius 1 is 0.923 bits per heavy atom. The second-order valence-corrected chi connectivity index (χ2v) is 9.81. The van der Waals surface area contributed by atoms with Gasteiger partial charge >= 0.3 is 6.18 Å². The Kier molecular flexibility index (Phi) is 7.64. The van der Waals surface area contributed by atoms with Gasteiger partial charge in [-0.2, -0.15) is 18.3 Å². The van der Waals surface area contributed by atoms with Gasteiger partial charge in [-0.1, -0.05) is 84.4 Å². The minimum absolute atomic E-state index is 0.0558. The summed E-state index contributed by atoms with van der Waals surface area (Å²) in [5.41, 5.74) is 1.87. The van der Waals surface area contributed by atoms with E-state index in [1.807, 2.05) is 42.5 Å². The van der Waals surface area contributed by atoms with Crippen LogP contribution < -0.4 is 5.32 Å². The predicted octanol–water partition coefficient (Wildman–Crippen LogP) is 9.00. The van der Waals surface area contributed by atoms with Crippen LogP contribution in [0.25, 0.3) is 22.3 Å². The maximum Gasteiger partial charge on any atom is 0.435 e. The van der Waals surface area contributed by atoms with E-state index in [9.17, 15) is 13.2 Å². The van der Waals surface area contributed by atoms with Gasteiger partial charge in [0.2, 0.25) is 0 Å². The molecule has 198 valence electrons. The molecule has 2 aromatic heterocycles. The molecule has 0 spiro atoms. The molecule has 0 radical (unpaired) electrons. The van der Waals surface area contributed by atoms with Gasteiger partial charge in [-0.3, -0.25) is 0 Å². The molecule has 0 saturated heterocycles. The van der Waals surface area contributed by atoms with Crippen LogP contribution in [0.3, 0.4) is 0 Å². The Morgan fingerprint density at radius 2 is 1.67 bits per heavy atom. The molecule has 0 aliphatic heterocycles. The number of aromatic nitrogens is 3. The van der Waals surface area contributed by atoms with Gasteiger partial charge in [0.25, 0.3) is 0 Å². The Hall–Kier alpha value is -3.81. The minimum atomic E-state index is -4.68. The standard InChI is InChI=1S/C30H23Cl2F3N4/c1-19(25-18-26(30(33,34)35)38-39(25)29-24(31)15-8-16-36-29)37-28-22(13-7-11-20-9-3-2-4-10-20)17-21-12-5-6-14-23(21)27(28)32/h2-6,8-10,12,14-18,37H,1,7,11,13H2. The normalized spacial score (nSPS) is 11.6. The second-order valence-electron chi connectivity index (χ2n) is 9.02. The Balaban J connectivity index is 1.53. The first-order valence-electron chi connectivity index (χ1n) is 12.2. The summed E-state index contributed by atoms with van der Waals surface area (Å²) in [5.74, 6) is 0.0558. The first-order valence-corrected chi connectivity index (χ1v) is 13.0. The molecule has 0 fully saturated rings. The number of halogens is 5. The quantitative estimate of drug-likeness (QED) is 0.204. The Morgan fingerprint density at radius 3 is 2.41 bits per heavy atom. The number of hydrogen-bond acceptors (Lipinski definition) is 3. The zero-order valence-electron chi connectivity index (χ0n) is 20.6. The van der Waals surface area contributed by atoms with E-state index in [4.69, 9.17) is 23.2 Å². The lowest BCUT2D eigenvalue weighted by molar-refractivity contribution is -0.141. The van der Waals surface area contributed by atoms with Gasteiger partial charge in [-0.25, -0.2) is 9.67 Å². The van der Waals surface area contributed by atoms with Crippen LogP contribution in [-0.4, -0.2) is 14.8 Å². The maximum absolute atomic E-state index is 13.7. The average molecular weight is 567 g/mol. The molecule has 1 N–H and O–H groups in total. The third kappa shape index (κ3) is 5.79. The van der Waals surface area contributed by atoms with Gasteiger partial charge in [0.15, 0.2) is 11.5 Å². The molecule has 0 aliphatic rings. The highest BCUT2D eigenvalue weighted by Gasteiger charge is 2.36. The lowest BCUT2D eigenvalue weighted by Crippen LogP contribution is -2.10. The van der Waals surface area contributed by atoms with E-state index in [1.165, 1.54) is 17.8 Å². The van der Waals surface area contributed by atoms with E-state index < -0.39 is 11.9 Å². The van der Waals surface area contributed by atoms with Gasteiger partial charge in [-0.15, -0.1) is 0 Å². The lowest BCUT2D eigenvalue weighted by Gasteiger charge is -2.18. The molecule has 0 atom stereocenters. The van der Waals surface area contributed by atoms with Crippen molar-refractivity contribution >= 4 is 45.4 Å². The second kappa shape index (κ2) is 11.1. The van der Waals surface area contributed by atoms with E-state index in [-0.39, 0.29) is 22.2 Å². The van der Waals surface area contributed by atoms with E-state index in [2.05, 4.69) is 40.2 Å². The van der Waals surface area contributed by atoms with Crippen LogP contribution in [0.2, 0.25) is 10.0 Å². The van der Waals surface area contributed by atoms with Crippen LogP contribution >= 0.6 is 23.2 Å². The van der Waals surface area contributed by atoms with Crippen molar-refractivity contribution in [1.29, 1.82) is 0 Å². The molecular weight excluding hydrogens is 544 g/mol. The lowest BCUT2D eigenvalue weighted by atomic mass is 9.98. The summed E-state index contributed by atoms with van der Waals surface area (Å²) < 4.78 is 42.1. The number of fused-ring (bicyclic) bond motifs is 1. The first-order chi connectivity index (χ1) is 18.7. The van der Waals surface area contributed by atoms with E-state index >= 15 is 0 Å². The summed E-state index contributed by atoms with van der Waals surface area (Å²) in [7, 11) is 0. The number of anilines is 1. The van der Waals surface area contributed by atoms with E-state index in [0.29, 0.717) is 17.1 Å². The fourth-order valence-electron chi connectivity index (χ4n) is 4.46. The highest BCUT2D eigenvalue weighted by atomic mass is 35.5. The van der Waals surface area contributed by atoms with Crippen molar-refractivity contribution in [2.45, 2.75) is 25.4 Å². The number of pyridine rings is 1. The molecular formula is C30H23Cl2F3N4. The SMILES string of the molecule is C=C(Nc1c(CCCc2ccccc2)cc2ccccc2c1Cl)c1cc(C(F)(F)F)nn1-c1ncccc1Cl. The Bertz CT molecular complexity index is 1650. The number of alkyl halides is 3. The monoisotopic (exact) mass is 566 g/mol. The van der Waals surface area contributed by atoms with E-state index in [0.717, 1.165) is 39.9 Å². The van der Waals surface area contributed by atoms with Gasteiger partial charge in [-0.05, 0) is 60.0 Å². The van der Waals surface area contributed by atoms with Crippen molar-refractivity contribution in [2.75, 3.05) is 5.32 Å². The smallest absolute Gasteiger partial charge is 0.353 e. The first kappa shape index (κ1) is 26.8. The van der Waals surface area contributed by atoms with Gasteiger partial charge in [0.05, 0.1) is 27.1 Å². The summed E-state index contributed by atoms with van der Waals surface area (Å²) in [6, 6.07) is 23.9. The summed E-state index contributed by atoms with van der Waals surface area (Å²) in [6.07, 6.45) is -0.842. The van der Waals surface area contributed by atoms with Crippen LogP contribution in [0.15, 0.2) is 91.6 Å².